The average molecular weight is 417 g/mol. The van der Waals surface area contributed by atoms with Gasteiger partial charge in [-0.3, -0.25) is 14.2 Å². The van der Waals surface area contributed by atoms with E-state index in [-0.39, 0.29) is 17.9 Å². The van der Waals surface area contributed by atoms with Crippen LogP contribution in [-0.4, -0.2) is 15.3 Å². The van der Waals surface area contributed by atoms with Crippen LogP contribution in [0.2, 0.25) is 0 Å². The van der Waals surface area contributed by atoms with Crippen molar-refractivity contribution in [1.82, 2.24) is 9.55 Å². The number of benzene rings is 2. The van der Waals surface area contributed by atoms with Gasteiger partial charge in [-0.05, 0) is 57.4 Å². The first-order chi connectivity index (χ1) is 14.3. The summed E-state index contributed by atoms with van der Waals surface area (Å²) >= 11 is 1.52. The Hall–Kier alpha value is -3.05. The number of carbonyl (C=O) groups excluding carboxylic acids is 1. The van der Waals surface area contributed by atoms with Crippen molar-refractivity contribution in [2.75, 3.05) is 0 Å². The first-order valence-electron chi connectivity index (χ1n) is 9.94. The Kier molecular flexibility index (Phi) is 5.16. The molecular weight excluding hydrogens is 392 g/mol. The number of hydrogen-bond donors (Lipinski definition) is 0. The molecule has 0 radical (unpaired) electrons. The van der Waals surface area contributed by atoms with E-state index >= 15 is 0 Å². The third kappa shape index (κ3) is 3.50. The molecule has 0 aliphatic rings. The minimum absolute atomic E-state index is 0.0155. The van der Waals surface area contributed by atoms with Crippen molar-refractivity contribution in [3.63, 3.8) is 0 Å². The van der Waals surface area contributed by atoms with Gasteiger partial charge in [0.1, 0.15) is 10.7 Å². The molecular formula is C25H24N2O2S. The summed E-state index contributed by atoms with van der Waals surface area (Å²) in [5, 5.41) is 0.597. The van der Waals surface area contributed by atoms with Gasteiger partial charge in [-0.25, -0.2) is 4.98 Å². The lowest BCUT2D eigenvalue weighted by molar-refractivity contribution is 0.0969. The Morgan fingerprint density at radius 3 is 2.33 bits per heavy atom. The highest BCUT2D eigenvalue weighted by Crippen LogP contribution is 2.35. The summed E-state index contributed by atoms with van der Waals surface area (Å²) in [5.74, 6) is 0.467. The Bertz CT molecular complexity index is 1340. The van der Waals surface area contributed by atoms with Gasteiger partial charge >= 0.3 is 0 Å². The first kappa shape index (κ1) is 20.2. The molecule has 4 nitrogen and oxygen atoms in total. The zero-order valence-corrected chi connectivity index (χ0v) is 18.7. The van der Waals surface area contributed by atoms with Gasteiger partial charge in [0.25, 0.3) is 5.56 Å². The van der Waals surface area contributed by atoms with E-state index < -0.39 is 0 Å². The molecule has 4 aromatic rings. The van der Waals surface area contributed by atoms with Gasteiger partial charge in [0.15, 0.2) is 5.78 Å². The summed E-state index contributed by atoms with van der Waals surface area (Å²) in [6.45, 7) is 9.83. The molecule has 0 amide bonds. The van der Waals surface area contributed by atoms with Crippen LogP contribution in [0.1, 0.15) is 37.7 Å². The largest absolute Gasteiger partial charge is 0.292 e. The highest BCUT2D eigenvalue weighted by atomic mass is 32.1. The Morgan fingerprint density at radius 1 is 0.967 bits per heavy atom. The molecule has 30 heavy (non-hydrogen) atoms. The number of fused-ring (bicyclic) bond motifs is 1. The smallest absolute Gasteiger partial charge is 0.263 e. The molecule has 0 saturated carbocycles. The van der Waals surface area contributed by atoms with E-state index in [2.05, 4.69) is 4.98 Å². The van der Waals surface area contributed by atoms with Crippen LogP contribution < -0.4 is 5.56 Å². The Labute approximate surface area is 179 Å². The number of rotatable bonds is 4. The zero-order chi connectivity index (χ0) is 21.6. The lowest BCUT2D eigenvalue weighted by Gasteiger charge is -2.11. The molecule has 0 atom stereocenters. The van der Waals surface area contributed by atoms with E-state index in [1.807, 2.05) is 70.2 Å². The molecule has 0 spiro atoms. The van der Waals surface area contributed by atoms with Gasteiger partial charge in [-0.2, -0.15) is 0 Å². The molecule has 0 aliphatic heterocycles. The van der Waals surface area contributed by atoms with E-state index in [0.29, 0.717) is 16.8 Å². The summed E-state index contributed by atoms with van der Waals surface area (Å²) < 4.78 is 1.50. The van der Waals surface area contributed by atoms with E-state index in [4.69, 9.17) is 0 Å². The van der Waals surface area contributed by atoms with Crippen LogP contribution in [-0.2, 0) is 6.54 Å². The molecule has 5 heteroatoms. The third-order valence-corrected chi connectivity index (χ3v) is 6.65. The monoisotopic (exact) mass is 416 g/mol. The fourth-order valence-corrected chi connectivity index (χ4v) is 4.78. The van der Waals surface area contributed by atoms with Gasteiger partial charge in [-0.1, -0.05) is 42.0 Å². The maximum absolute atomic E-state index is 13.5. The normalized spacial score (nSPS) is 11.2. The second kappa shape index (κ2) is 7.65. The number of carbonyl (C=O) groups is 1. The molecule has 0 N–H and O–H groups in total. The SMILES string of the molecule is Cc1ccc(-c2c(C)sc3nc(C)n(CC(=O)c4ccc(C)c(C)c4)c(=O)c23)cc1. The quantitative estimate of drug-likeness (QED) is 0.410. The van der Waals surface area contributed by atoms with Crippen molar-refractivity contribution in [2.45, 2.75) is 41.2 Å². The van der Waals surface area contributed by atoms with Crippen LogP contribution in [0.15, 0.2) is 47.3 Å². The summed E-state index contributed by atoms with van der Waals surface area (Å²) in [6, 6.07) is 13.8. The van der Waals surface area contributed by atoms with Gasteiger partial charge in [-0.15, -0.1) is 11.3 Å². The minimum atomic E-state index is -0.158. The van der Waals surface area contributed by atoms with Crippen LogP contribution in [0.5, 0.6) is 0 Å². The van der Waals surface area contributed by atoms with Crippen molar-refractivity contribution in [1.29, 1.82) is 0 Å². The number of thiophene rings is 1. The minimum Gasteiger partial charge on any atom is -0.292 e. The summed E-state index contributed by atoms with van der Waals surface area (Å²) in [7, 11) is 0. The molecule has 0 unspecified atom stereocenters. The molecule has 0 aliphatic carbocycles. The molecule has 152 valence electrons. The fraction of sp³-hybridized carbons (Fsp3) is 0.240. The van der Waals surface area contributed by atoms with Crippen LogP contribution in [0.4, 0.5) is 0 Å². The van der Waals surface area contributed by atoms with Gasteiger partial charge in [0.05, 0.1) is 11.9 Å². The number of nitrogens with zero attached hydrogens (tertiary/aromatic N) is 2. The maximum Gasteiger partial charge on any atom is 0.263 e. The number of hydrogen-bond acceptors (Lipinski definition) is 4. The van der Waals surface area contributed by atoms with Gasteiger partial charge < -0.3 is 0 Å². The van der Waals surface area contributed by atoms with Crippen molar-refractivity contribution in [2.24, 2.45) is 0 Å². The van der Waals surface area contributed by atoms with E-state index in [9.17, 15) is 9.59 Å². The number of aromatic nitrogens is 2. The second-order valence-corrected chi connectivity index (χ2v) is 9.06. The first-order valence-corrected chi connectivity index (χ1v) is 10.8. The molecule has 2 heterocycles. The molecule has 0 fully saturated rings. The topological polar surface area (TPSA) is 52.0 Å². The van der Waals surface area contributed by atoms with Crippen LogP contribution in [0.3, 0.4) is 0 Å². The van der Waals surface area contributed by atoms with Gasteiger partial charge in [0.2, 0.25) is 0 Å². The molecule has 0 saturated heterocycles. The lowest BCUT2D eigenvalue weighted by atomic mass is 10.0. The van der Waals surface area contributed by atoms with Crippen LogP contribution in [0.25, 0.3) is 21.3 Å². The number of ketones is 1. The molecule has 2 aromatic carbocycles. The Balaban J connectivity index is 1.84. The highest BCUT2D eigenvalue weighted by molar-refractivity contribution is 7.19. The molecule has 2 aromatic heterocycles. The average Bonchev–Trinajstić information content (AvgIpc) is 3.03. The third-order valence-electron chi connectivity index (χ3n) is 5.65. The summed E-state index contributed by atoms with van der Waals surface area (Å²) in [5.41, 5.74) is 5.74. The molecule has 4 rings (SSSR count). The van der Waals surface area contributed by atoms with E-state index in [0.717, 1.165) is 32.0 Å². The summed E-state index contributed by atoms with van der Waals surface area (Å²) in [6.07, 6.45) is 0. The standard InChI is InChI=1S/C25H24N2O2S/c1-14-6-9-19(10-7-14)22-17(4)30-24-23(22)25(29)27(18(5)26-24)13-21(28)20-11-8-15(2)16(3)12-20/h6-12H,13H2,1-5H3. The van der Waals surface area contributed by atoms with E-state index in [1.54, 1.807) is 6.92 Å². The Morgan fingerprint density at radius 2 is 1.67 bits per heavy atom. The number of Topliss-reactive ketones (excluding diaryl/α,β-unsaturated/α-hetero) is 1. The van der Waals surface area contributed by atoms with Crippen molar-refractivity contribution >= 4 is 27.3 Å². The van der Waals surface area contributed by atoms with E-state index in [1.165, 1.54) is 21.5 Å². The predicted octanol–water partition coefficient (Wildman–Crippen LogP) is 5.55. The van der Waals surface area contributed by atoms with Crippen LogP contribution >= 0.6 is 11.3 Å². The predicted molar refractivity (Wildman–Crippen MR) is 124 cm³/mol. The zero-order valence-electron chi connectivity index (χ0n) is 17.9. The van der Waals surface area contributed by atoms with Crippen molar-refractivity contribution in [3.8, 4) is 11.1 Å². The van der Waals surface area contributed by atoms with Gasteiger partial charge in [0, 0.05) is 16.0 Å². The lowest BCUT2D eigenvalue weighted by Crippen LogP contribution is -2.27. The van der Waals surface area contributed by atoms with Crippen LogP contribution in [0, 0.1) is 34.6 Å². The second-order valence-electron chi connectivity index (χ2n) is 7.85. The number of aryl methyl sites for hydroxylation is 5. The van der Waals surface area contributed by atoms with Crippen molar-refractivity contribution < 1.29 is 4.79 Å². The maximum atomic E-state index is 13.5. The summed E-state index contributed by atoms with van der Waals surface area (Å²) in [4.78, 5) is 32.9. The van der Waals surface area contributed by atoms with Crippen molar-refractivity contribution in [3.05, 3.63) is 85.8 Å². The highest BCUT2D eigenvalue weighted by Gasteiger charge is 2.20. The molecule has 0 bridgehead atoms. The fourth-order valence-electron chi connectivity index (χ4n) is 3.70.